The molecule has 2 fully saturated rings. The highest BCUT2D eigenvalue weighted by atomic mass is 16.1. The van der Waals surface area contributed by atoms with E-state index in [1.54, 1.807) is 6.20 Å². The van der Waals surface area contributed by atoms with Gasteiger partial charge in [0.2, 0.25) is 0 Å². The first-order valence-corrected chi connectivity index (χ1v) is 10.6. The Balaban J connectivity index is 1.17. The smallest absolute Gasteiger partial charge is 0.167 e. The summed E-state index contributed by atoms with van der Waals surface area (Å²) in [6, 6.07) is 21.1. The fourth-order valence-electron chi connectivity index (χ4n) is 3.98. The van der Waals surface area contributed by atoms with Gasteiger partial charge < -0.3 is 5.32 Å². The molecule has 5 rings (SSSR count). The van der Waals surface area contributed by atoms with Gasteiger partial charge in [-0.2, -0.15) is 0 Å². The van der Waals surface area contributed by atoms with Gasteiger partial charge in [0.1, 0.15) is 0 Å². The number of Topliss-reactive ketones (excluding diaryl/α,β-unsaturated/α-hetero) is 1. The minimum atomic E-state index is 0.158. The van der Waals surface area contributed by atoms with Crippen LogP contribution in [-0.2, 0) is 6.42 Å². The monoisotopic (exact) mass is 382 g/mol. The molecule has 3 nitrogen and oxygen atoms in total. The SMILES string of the molecule is O=C(Cc1ccc(C2CC2NCC2CC2)cc1)c1ccc(-c2cccnc2)cc1. The Hall–Kier alpha value is -2.78. The van der Waals surface area contributed by atoms with Crippen LogP contribution in [0.1, 0.15) is 46.7 Å². The molecule has 1 aromatic heterocycles. The molecule has 2 saturated carbocycles. The van der Waals surface area contributed by atoms with E-state index in [-0.39, 0.29) is 5.78 Å². The second kappa shape index (κ2) is 7.92. The Morgan fingerprint density at radius 2 is 1.76 bits per heavy atom. The number of ketones is 1. The maximum atomic E-state index is 12.7. The lowest BCUT2D eigenvalue weighted by atomic mass is 9.99. The Morgan fingerprint density at radius 1 is 0.966 bits per heavy atom. The maximum Gasteiger partial charge on any atom is 0.167 e. The first-order chi connectivity index (χ1) is 14.3. The Labute approximate surface area is 172 Å². The number of rotatable bonds is 8. The molecule has 0 amide bonds. The highest BCUT2D eigenvalue weighted by Gasteiger charge is 2.38. The molecular formula is C26H26N2O. The lowest BCUT2D eigenvalue weighted by Gasteiger charge is -2.06. The molecule has 146 valence electrons. The van der Waals surface area contributed by atoms with Gasteiger partial charge in [-0.05, 0) is 60.0 Å². The summed E-state index contributed by atoms with van der Waals surface area (Å²) < 4.78 is 0. The van der Waals surface area contributed by atoms with E-state index >= 15 is 0 Å². The van der Waals surface area contributed by atoms with Gasteiger partial charge in [0.25, 0.3) is 0 Å². The molecule has 2 aromatic carbocycles. The predicted molar refractivity (Wildman–Crippen MR) is 116 cm³/mol. The molecule has 3 aromatic rings. The molecule has 1 N–H and O–H groups in total. The number of aromatic nitrogens is 1. The van der Waals surface area contributed by atoms with E-state index < -0.39 is 0 Å². The van der Waals surface area contributed by atoms with Crippen molar-refractivity contribution in [3.63, 3.8) is 0 Å². The quantitative estimate of drug-likeness (QED) is 0.556. The summed E-state index contributed by atoms with van der Waals surface area (Å²) >= 11 is 0. The van der Waals surface area contributed by atoms with Crippen LogP contribution in [0, 0.1) is 5.92 Å². The van der Waals surface area contributed by atoms with E-state index in [0.29, 0.717) is 18.4 Å². The summed E-state index contributed by atoms with van der Waals surface area (Å²) in [4.78, 5) is 16.8. The summed E-state index contributed by atoms with van der Waals surface area (Å²) in [7, 11) is 0. The minimum Gasteiger partial charge on any atom is -0.313 e. The van der Waals surface area contributed by atoms with Gasteiger partial charge in [0.05, 0.1) is 0 Å². The molecule has 2 atom stereocenters. The van der Waals surface area contributed by atoms with Gasteiger partial charge in [0.15, 0.2) is 5.78 Å². The number of carbonyl (C=O) groups is 1. The summed E-state index contributed by atoms with van der Waals surface area (Å²) in [6.45, 7) is 1.19. The number of carbonyl (C=O) groups excluding carboxylic acids is 1. The molecule has 1 heterocycles. The molecule has 2 aliphatic carbocycles. The molecule has 2 aliphatic rings. The largest absolute Gasteiger partial charge is 0.313 e. The van der Waals surface area contributed by atoms with E-state index in [9.17, 15) is 4.79 Å². The van der Waals surface area contributed by atoms with Crippen LogP contribution in [0.2, 0.25) is 0 Å². The van der Waals surface area contributed by atoms with Crippen LogP contribution in [0.25, 0.3) is 11.1 Å². The standard InChI is InChI=1S/C26H26N2O/c29-26(22-11-9-20(10-12-22)23-2-1-13-27-17-23)14-18-5-7-21(8-6-18)24-15-25(24)28-16-19-3-4-19/h1-2,5-13,17,19,24-25,28H,3-4,14-16H2. The number of hydrogen-bond acceptors (Lipinski definition) is 3. The predicted octanol–water partition coefficient (Wildman–Crippen LogP) is 5.03. The second-order valence-corrected chi connectivity index (χ2v) is 8.46. The third-order valence-corrected chi connectivity index (χ3v) is 6.13. The third kappa shape index (κ3) is 4.46. The highest BCUT2D eigenvalue weighted by Crippen LogP contribution is 2.41. The van der Waals surface area contributed by atoms with Crippen LogP contribution in [0.15, 0.2) is 73.1 Å². The van der Waals surface area contributed by atoms with E-state index in [0.717, 1.165) is 28.2 Å². The normalized spacial score (nSPS) is 20.4. The minimum absolute atomic E-state index is 0.158. The van der Waals surface area contributed by atoms with Crippen LogP contribution < -0.4 is 5.32 Å². The molecule has 0 radical (unpaired) electrons. The lowest BCUT2D eigenvalue weighted by molar-refractivity contribution is 0.0993. The molecule has 0 aliphatic heterocycles. The van der Waals surface area contributed by atoms with Crippen molar-refractivity contribution in [3.05, 3.63) is 89.7 Å². The van der Waals surface area contributed by atoms with E-state index in [1.165, 1.54) is 31.4 Å². The molecule has 3 heteroatoms. The van der Waals surface area contributed by atoms with Crippen LogP contribution in [-0.4, -0.2) is 23.4 Å². The Kier molecular flexibility index (Phi) is 4.99. The van der Waals surface area contributed by atoms with Gasteiger partial charge >= 0.3 is 0 Å². The van der Waals surface area contributed by atoms with Crippen molar-refractivity contribution in [2.75, 3.05) is 6.54 Å². The zero-order chi connectivity index (χ0) is 19.6. The molecule has 0 bridgehead atoms. The van der Waals surface area contributed by atoms with E-state index in [2.05, 4.69) is 34.6 Å². The highest BCUT2D eigenvalue weighted by molar-refractivity contribution is 5.97. The molecule has 0 spiro atoms. The van der Waals surface area contributed by atoms with E-state index in [1.807, 2.05) is 42.6 Å². The van der Waals surface area contributed by atoms with Gasteiger partial charge in [-0.3, -0.25) is 9.78 Å². The molecule has 0 saturated heterocycles. The number of pyridine rings is 1. The average Bonchev–Trinajstić information content (AvgIpc) is 3.69. The van der Waals surface area contributed by atoms with Crippen LogP contribution in [0.4, 0.5) is 0 Å². The fourth-order valence-corrected chi connectivity index (χ4v) is 3.98. The summed E-state index contributed by atoms with van der Waals surface area (Å²) in [5, 5.41) is 3.69. The Morgan fingerprint density at radius 3 is 2.45 bits per heavy atom. The zero-order valence-electron chi connectivity index (χ0n) is 16.6. The van der Waals surface area contributed by atoms with Crippen LogP contribution >= 0.6 is 0 Å². The van der Waals surface area contributed by atoms with Crippen molar-refractivity contribution in [2.45, 2.75) is 37.6 Å². The number of nitrogens with one attached hydrogen (secondary N) is 1. The second-order valence-electron chi connectivity index (χ2n) is 8.46. The topological polar surface area (TPSA) is 42.0 Å². The number of nitrogens with zero attached hydrogens (tertiary/aromatic N) is 1. The summed E-state index contributed by atoms with van der Waals surface area (Å²) in [5.41, 5.74) is 5.38. The molecule has 29 heavy (non-hydrogen) atoms. The van der Waals surface area contributed by atoms with Crippen molar-refractivity contribution in [3.8, 4) is 11.1 Å². The van der Waals surface area contributed by atoms with Crippen molar-refractivity contribution in [1.29, 1.82) is 0 Å². The van der Waals surface area contributed by atoms with Crippen molar-refractivity contribution in [1.82, 2.24) is 10.3 Å². The first-order valence-electron chi connectivity index (χ1n) is 10.6. The van der Waals surface area contributed by atoms with Gasteiger partial charge in [-0.25, -0.2) is 0 Å². The zero-order valence-corrected chi connectivity index (χ0v) is 16.6. The van der Waals surface area contributed by atoms with Gasteiger partial charge in [0, 0.05) is 36.3 Å². The van der Waals surface area contributed by atoms with Gasteiger partial charge in [-0.15, -0.1) is 0 Å². The fraction of sp³-hybridized carbons (Fsp3) is 0.308. The lowest BCUT2D eigenvalue weighted by Crippen LogP contribution is -2.20. The van der Waals surface area contributed by atoms with Crippen molar-refractivity contribution >= 4 is 5.78 Å². The summed E-state index contributed by atoms with van der Waals surface area (Å²) in [6.07, 6.45) is 8.10. The van der Waals surface area contributed by atoms with Crippen molar-refractivity contribution < 1.29 is 4.79 Å². The number of benzene rings is 2. The third-order valence-electron chi connectivity index (χ3n) is 6.13. The van der Waals surface area contributed by atoms with Crippen LogP contribution in [0.3, 0.4) is 0 Å². The Bertz CT molecular complexity index is 975. The van der Waals surface area contributed by atoms with E-state index in [4.69, 9.17) is 0 Å². The maximum absolute atomic E-state index is 12.7. The molecular weight excluding hydrogens is 356 g/mol. The van der Waals surface area contributed by atoms with Crippen LogP contribution in [0.5, 0.6) is 0 Å². The average molecular weight is 383 g/mol. The summed E-state index contributed by atoms with van der Waals surface area (Å²) in [5.74, 6) is 1.74. The number of hydrogen-bond donors (Lipinski definition) is 1. The van der Waals surface area contributed by atoms with Gasteiger partial charge in [-0.1, -0.05) is 54.6 Å². The van der Waals surface area contributed by atoms with Crippen molar-refractivity contribution in [2.24, 2.45) is 5.92 Å². The molecule has 2 unspecified atom stereocenters. The first kappa shape index (κ1) is 18.3.